The molecule has 1 aromatic rings. The molecule has 0 spiro atoms. The van der Waals surface area contributed by atoms with E-state index in [0.29, 0.717) is 24.4 Å². The van der Waals surface area contributed by atoms with E-state index >= 15 is 0 Å². The van der Waals surface area contributed by atoms with Crippen LogP contribution in [-0.2, 0) is 4.74 Å². The summed E-state index contributed by atoms with van der Waals surface area (Å²) in [5, 5.41) is 14.6. The van der Waals surface area contributed by atoms with E-state index in [4.69, 9.17) is 9.15 Å². The minimum atomic E-state index is 0.0722. The van der Waals surface area contributed by atoms with Gasteiger partial charge in [0.2, 0.25) is 5.89 Å². The molecule has 0 saturated heterocycles. The molecule has 0 fully saturated rings. The molecule has 1 heterocycles. The van der Waals surface area contributed by atoms with Gasteiger partial charge in [-0.3, -0.25) is 0 Å². The predicted molar refractivity (Wildman–Crippen MR) is 75.1 cm³/mol. The Kier molecular flexibility index (Phi) is 6.80. The van der Waals surface area contributed by atoms with Gasteiger partial charge in [0.05, 0.1) is 18.7 Å². The molecule has 0 aliphatic rings. The van der Waals surface area contributed by atoms with Crippen LogP contribution in [0.5, 0.6) is 0 Å². The van der Waals surface area contributed by atoms with Crippen molar-refractivity contribution in [2.24, 2.45) is 5.92 Å². The lowest BCUT2D eigenvalue weighted by molar-refractivity contribution is 0.170. The highest BCUT2D eigenvalue weighted by molar-refractivity contribution is 5.20. The van der Waals surface area contributed by atoms with Crippen molar-refractivity contribution >= 4 is 6.01 Å². The van der Waals surface area contributed by atoms with Crippen LogP contribution in [0, 0.1) is 5.92 Å². The van der Waals surface area contributed by atoms with Gasteiger partial charge >= 0.3 is 6.01 Å². The van der Waals surface area contributed by atoms with Gasteiger partial charge in [0.25, 0.3) is 0 Å². The van der Waals surface area contributed by atoms with E-state index in [1.165, 1.54) is 0 Å². The Labute approximate surface area is 115 Å². The Balaban J connectivity index is 2.58. The number of rotatable bonds is 9. The van der Waals surface area contributed by atoms with Crippen LogP contribution in [0.4, 0.5) is 6.01 Å². The zero-order valence-electron chi connectivity index (χ0n) is 12.6. The molecule has 2 atom stereocenters. The summed E-state index contributed by atoms with van der Waals surface area (Å²) in [4.78, 5) is 0. The largest absolute Gasteiger partial charge is 0.406 e. The Morgan fingerprint density at radius 1 is 1.26 bits per heavy atom. The van der Waals surface area contributed by atoms with Gasteiger partial charge in [-0.25, -0.2) is 0 Å². The molecule has 110 valence electrons. The zero-order valence-corrected chi connectivity index (χ0v) is 12.6. The topological polar surface area (TPSA) is 72.2 Å². The molecule has 1 rings (SSSR count). The highest BCUT2D eigenvalue weighted by Gasteiger charge is 2.18. The van der Waals surface area contributed by atoms with Crippen LogP contribution in [0.25, 0.3) is 0 Å². The number of anilines is 1. The first kappa shape index (κ1) is 15.9. The molecule has 0 aliphatic heterocycles. The van der Waals surface area contributed by atoms with Crippen LogP contribution in [0.3, 0.4) is 0 Å². The summed E-state index contributed by atoms with van der Waals surface area (Å²) in [6, 6.07) is 0.691. The van der Waals surface area contributed by atoms with Crippen LogP contribution in [0.15, 0.2) is 4.42 Å². The Morgan fingerprint density at radius 2 is 2.00 bits per heavy atom. The highest BCUT2D eigenvalue weighted by Crippen LogP contribution is 2.16. The zero-order chi connectivity index (χ0) is 14.3. The van der Waals surface area contributed by atoms with E-state index in [9.17, 15) is 0 Å². The number of hydrogen-bond donors (Lipinski definition) is 2. The quantitative estimate of drug-likeness (QED) is 0.717. The molecule has 0 saturated carbocycles. The monoisotopic (exact) mass is 270 g/mol. The smallest absolute Gasteiger partial charge is 0.315 e. The van der Waals surface area contributed by atoms with Gasteiger partial charge in [-0.2, -0.15) is 0 Å². The molecule has 0 radical (unpaired) electrons. The maximum Gasteiger partial charge on any atom is 0.315 e. The van der Waals surface area contributed by atoms with Crippen molar-refractivity contribution in [1.29, 1.82) is 0 Å². The van der Waals surface area contributed by atoms with E-state index < -0.39 is 0 Å². The third-order valence-electron chi connectivity index (χ3n) is 2.97. The van der Waals surface area contributed by atoms with Gasteiger partial charge in [-0.15, -0.1) is 5.10 Å². The maximum atomic E-state index is 5.62. The molecule has 0 aromatic carbocycles. The van der Waals surface area contributed by atoms with Crippen LogP contribution in [-0.4, -0.2) is 36.5 Å². The first-order chi connectivity index (χ1) is 9.08. The van der Waals surface area contributed by atoms with E-state index in [2.05, 4.69) is 41.6 Å². The van der Waals surface area contributed by atoms with Gasteiger partial charge in [-0.1, -0.05) is 25.9 Å². The summed E-state index contributed by atoms with van der Waals surface area (Å²) >= 11 is 0. The predicted octanol–water partition coefficient (Wildman–Crippen LogP) is 2.21. The van der Waals surface area contributed by atoms with E-state index in [1.54, 1.807) is 7.11 Å². The van der Waals surface area contributed by atoms with Gasteiger partial charge in [0.15, 0.2) is 0 Å². The molecule has 6 nitrogen and oxygen atoms in total. The Hall–Kier alpha value is -1.14. The molecular weight excluding hydrogens is 244 g/mol. The Morgan fingerprint density at radius 3 is 2.58 bits per heavy atom. The summed E-state index contributed by atoms with van der Waals surface area (Å²) in [6.45, 7) is 9.93. The van der Waals surface area contributed by atoms with E-state index in [-0.39, 0.29) is 12.1 Å². The molecule has 2 N–H and O–H groups in total. The van der Waals surface area contributed by atoms with Crippen LogP contribution in [0.1, 0.15) is 46.0 Å². The molecular formula is C13H26N4O2. The third-order valence-corrected chi connectivity index (χ3v) is 2.97. The molecule has 2 unspecified atom stereocenters. The first-order valence-corrected chi connectivity index (χ1v) is 6.90. The SMILES string of the molecule is CCCNC(C)c1nnc(NC(COC)C(C)C)o1. The summed E-state index contributed by atoms with van der Waals surface area (Å²) in [5.41, 5.74) is 0. The number of methoxy groups -OCH3 is 1. The lowest BCUT2D eigenvalue weighted by atomic mass is 10.1. The van der Waals surface area contributed by atoms with Gasteiger partial charge in [0, 0.05) is 7.11 Å². The molecule has 0 aliphatic carbocycles. The average molecular weight is 270 g/mol. The fourth-order valence-corrected chi connectivity index (χ4v) is 1.65. The second kappa shape index (κ2) is 8.12. The van der Waals surface area contributed by atoms with E-state index in [0.717, 1.165) is 13.0 Å². The van der Waals surface area contributed by atoms with Crippen molar-refractivity contribution in [3.8, 4) is 0 Å². The number of nitrogens with zero attached hydrogens (tertiary/aromatic N) is 2. The van der Waals surface area contributed by atoms with Crippen molar-refractivity contribution in [3.63, 3.8) is 0 Å². The molecule has 0 bridgehead atoms. The molecule has 1 aromatic heterocycles. The van der Waals surface area contributed by atoms with Crippen molar-refractivity contribution in [1.82, 2.24) is 15.5 Å². The van der Waals surface area contributed by atoms with Crippen molar-refractivity contribution in [2.45, 2.75) is 46.2 Å². The lowest BCUT2D eigenvalue weighted by Gasteiger charge is -2.19. The van der Waals surface area contributed by atoms with Crippen LogP contribution >= 0.6 is 0 Å². The highest BCUT2D eigenvalue weighted by atomic mass is 16.5. The van der Waals surface area contributed by atoms with Gasteiger partial charge in [0.1, 0.15) is 0 Å². The fourth-order valence-electron chi connectivity index (χ4n) is 1.65. The standard InChI is InChI=1S/C13H26N4O2/c1-6-7-14-10(4)12-16-17-13(19-12)15-11(8-18-5)9(2)3/h9-11,14H,6-8H2,1-5H3,(H,15,17). The Bertz CT molecular complexity index is 354. The van der Waals surface area contributed by atoms with Crippen LogP contribution < -0.4 is 10.6 Å². The van der Waals surface area contributed by atoms with Crippen molar-refractivity contribution in [2.75, 3.05) is 25.6 Å². The molecule has 0 amide bonds. The number of hydrogen-bond acceptors (Lipinski definition) is 6. The minimum Gasteiger partial charge on any atom is -0.406 e. The van der Waals surface area contributed by atoms with Gasteiger partial charge < -0.3 is 19.8 Å². The summed E-state index contributed by atoms with van der Waals surface area (Å²) < 4.78 is 10.8. The second-order valence-electron chi connectivity index (χ2n) is 5.07. The van der Waals surface area contributed by atoms with Crippen molar-refractivity contribution in [3.05, 3.63) is 5.89 Å². The summed E-state index contributed by atoms with van der Waals surface area (Å²) in [5.74, 6) is 1.03. The van der Waals surface area contributed by atoms with Gasteiger partial charge in [-0.05, 0) is 25.8 Å². The molecule has 19 heavy (non-hydrogen) atoms. The second-order valence-corrected chi connectivity index (χ2v) is 5.07. The summed E-state index contributed by atoms with van der Waals surface area (Å²) in [7, 11) is 1.69. The van der Waals surface area contributed by atoms with Crippen molar-refractivity contribution < 1.29 is 9.15 Å². The minimum absolute atomic E-state index is 0.0722. The molecule has 6 heteroatoms. The normalized spacial score (nSPS) is 14.6. The lowest BCUT2D eigenvalue weighted by Crippen LogP contribution is -2.30. The van der Waals surface area contributed by atoms with Crippen LogP contribution in [0.2, 0.25) is 0 Å². The summed E-state index contributed by atoms with van der Waals surface area (Å²) in [6.07, 6.45) is 1.08. The maximum absolute atomic E-state index is 5.62. The third kappa shape index (κ3) is 5.16. The number of ether oxygens (including phenoxy) is 1. The first-order valence-electron chi connectivity index (χ1n) is 6.90. The number of nitrogens with one attached hydrogen (secondary N) is 2. The number of aromatic nitrogens is 2. The fraction of sp³-hybridized carbons (Fsp3) is 0.846. The van der Waals surface area contributed by atoms with E-state index in [1.807, 2.05) is 6.92 Å². The average Bonchev–Trinajstić information content (AvgIpc) is 2.84.